The summed E-state index contributed by atoms with van der Waals surface area (Å²) < 4.78 is 1.89. The lowest BCUT2D eigenvalue weighted by atomic mass is 10.0. The van der Waals surface area contributed by atoms with E-state index < -0.39 is 0 Å². The fourth-order valence-corrected chi connectivity index (χ4v) is 3.00. The smallest absolute Gasteiger partial charge is 0.254 e. The number of benzene rings is 1. The zero-order valence-electron chi connectivity index (χ0n) is 16.3. The van der Waals surface area contributed by atoms with Gasteiger partial charge in [0.05, 0.1) is 17.5 Å². The lowest BCUT2D eigenvalue weighted by molar-refractivity contribution is 0.0752. The third-order valence-corrected chi connectivity index (χ3v) is 4.54. The van der Waals surface area contributed by atoms with Crippen molar-refractivity contribution in [3.63, 3.8) is 0 Å². The van der Waals surface area contributed by atoms with Gasteiger partial charge >= 0.3 is 0 Å². The Balaban J connectivity index is 1.85. The second-order valence-electron chi connectivity index (χ2n) is 6.83. The van der Waals surface area contributed by atoms with E-state index in [9.17, 15) is 10.1 Å². The van der Waals surface area contributed by atoms with Crippen LogP contribution in [0, 0.1) is 11.3 Å². The summed E-state index contributed by atoms with van der Waals surface area (Å²) in [6.45, 7) is 7.18. The molecular weight excluding hydrogens is 350 g/mol. The van der Waals surface area contributed by atoms with Crippen molar-refractivity contribution in [2.24, 2.45) is 0 Å². The number of pyridine rings is 1. The number of carbonyl (C=O) groups is 1. The Hall–Kier alpha value is -3.46. The third-order valence-electron chi connectivity index (χ3n) is 4.54. The van der Waals surface area contributed by atoms with Crippen LogP contribution >= 0.6 is 0 Å². The van der Waals surface area contributed by atoms with Gasteiger partial charge in [0.1, 0.15) is 6.07 Å². The molecule has 0 aliphatic heterocycles. The van der Waals surface area contributed by atoms with Gasteiger partial charge < -0.3 is 4.90 Å². The molecule has 6 heteroatoms. The molecule has 3 rings (SSSR count). The van der Waals surface area contributed by atoms with Gasteiger partial charge in [-0.3, -0.25) is 14.5 Å². The highest BCUT2D eigenvalue weighted by atomic mass is 16.2. The number of amides is 1. The van der Waals surface area contributed by atoms with Crippen molar-refractivity contribution in [2.45, 2.75) is 33.4 Å². The maximum absolute atomic E-state index is 13.1. The van der Waals surface area contributed by atoms with Crippen LogP contribution in [-0.2, 0) is 6.54 Å². The molecule has 0 radical (unpaired) electrons. The molecule has 0 fully saturated rings. The quantitative estimate of drug-likeness (QED) is 0.653. The number of nitriles is 1. The molecule has 0 bridgehead atoms. The van der Waals surface area contributed by atoms with Crippen LogP contribution in [0.4, 0.5) is 0 Å². The first-order chi connectivity index (χ1) is 13.5. The topological polar surface area (TPSA) is 74.8 Å². The summed E-state index contributed by atoms with van der Waals surface area (Å²) in [5.41, 5.74) is 3.40. The van der Waals surface area contributed by atoms with E-state index >= 15 is 0 Å². The molecule has 0 unspecified atom stereocenters. The molecule has 0 spiro atoms. The van der Waals surface area contributed by atoms with E-state index in [1.54, 1.807) is 41.6 Å². The fraction of sp³-hybridized carbons (Fsp3) is 0.273. The molecular formula is C22H23N5O. The van der Waals surface area contributed by atoms with Crippen LogP contribution in [0.15, 0.2) is 55.0 Å². The Bertz CT molecular complexity index is 1020. The molecule has 0 saturated carbocycles. The molecule has 0 aliphatic rings. The van der Waals surface area contributed by atoms with Crippen molar-refractivity contribution in [3.8, 4) is 17.3 Å². The van der Waals surface area contributed by atoms with Crippen LogP contribution in [0.2, 0.25) is 0 Å². The fourth-order valence-electron chi connectivity index (χ4n) is 3.00. The van der Waals surface area contributed by atoms with Crippen molar-refractivity contribution in [2.75, 3.05) is 6.54 Å². The summed E-state index contributed by atoms with van der Waals surface area (Å²) in [5, 5.41) is 13.7. The van der Waals surface area contributed by atoms with Crippen molar-refractivity contribution >= 4 is 5.91 Å². The minimum absolute atomic E-state index is 0.0592. The van der Waals surface area contributed by atoms with Gasteiger partial charge in [-0.25, -0.2) is 0 Å². The van der Waals surface area contributed by atoms with Gasteiger partial charge in [0.2, 0.25) is 0 Å². The van der Waals surface area contributed by atoms with Crippen molar-refractivity contribution in [1.82, 2.24) is 19.7 Å². The molecule has 142 valence electrons. The minimum atomic E-state index is -0.0592. The Morgan fingerprint density at radius 2 is 2.11 bits per heavy atom. The van der Waals surface area contributed by atoms with Crippen LogP contribution in [-0.4, -0.2) is 32.1 Å². The van der Waals surface area contributed by atoms with Crippen LogP contribution in [0.25, 0.3) is 11.3 Å². The van der Waals surface area contributed by atoms with Gasteiger partial charge in [-0.05, 0) is 45.0 Å². The molecule has 6 nitrogen and oxygen atoms in total. The van der Waals surface area contributed by atoms with Gasteiger partial charge in [0.15, 0.2) is 0 Å². The molecule has 1 amide bonds. The lowest BCUT2D eigenvalue weighted by Gasteiger charge is -2.20. The van der Waals surface area contributed by atoms with E-state index in [0.29, 0.717) is 29.9 Å². The maximum Gasteiger partial charge on any atom is 0.254 e. The maximum atomic E-state index is 13.1. The summed E-state index contributed by atoms with van der Waals surface area (Å²) in [5.74, 6) is -0.0592. The predicted molar refractivity (Wildman–Crippen MR) is 107 cm³/mol. The van der Waals surface area contributed by atoms with E-state index in [0.717, 1.165) is 11.1 Å². The molecule has 0 N–H and O–H groups in total. The van der Waals surface area contributed by atoms with Crippen LogP contribution in [0.5, 0.6) is 0 Å². The second-order valence-corrected chi connectivity index (χ2v) is 6.83. The van der Waals surface area contributed by atoms with Crippen molar-refractivity contribution < 1.29 is 4.79 Å². The number of carbonyl (C=O) groups excluding carboxylic acids is 1. The SMILES string of the molecule is CCN(Cc1cnn(C(C)C)c1)C(=O)c1cccc(-c2ncccc2C#N)c1. The van der Waals surface area contributed by atoms with E-state index in [4.69, 9.17) is 0 Å². The Morgan fingerprint density at radius 1 is 1.29 bits per heavy atom. The van der Waals surface area contributed by atoms with E-state index in [2.05, 4.69) is 30.0 Å². The Labute approximate surface area is 165 Å². The monoisotopic (exact) mass is 373 g/mol. The first kappa shape index (κ1) is 19.3. The van der Waals surface area contributed by atoms with Crippen LogP contribution in [0.3, 0.4) is 0 Å². The Kier molecular flexibility index (Phi) is 5.85. The second kappa shape index (κ2) is 8.49. The first-order valence-corrected chi connectivity index (χ1v) is 9.31. The largest absolute Gasteiger partial charge is 0.334 e. The third kappa shape index (κ3) is 4.09. The van der Waals surface area contributed by atoms with Crippen LogP contribution in [0.1, 0.15) is 48.3 Å². The molecule has 0 aliphatic carbocycles. The summed E-state index contributed by atoms with van der Waals surface area (Å²) in [6, 6.07) is 13.2. The number of hydrogen-bond donors (Lipinski definition) is 0. The highest BCUT2D eigenvalue weighted by molar-refractivity contribution is 5.95. The average Bonchev–Trinajstić information content (AvgIpc) is 3.20. The highest BCUT2D eigenvalue weighted by Crippen LogP contribution is 2.22. The average molecular weight is 373 g/mol. The van der Waals surface area contributed by atoms with Gasteiger partial charge in [0.25, 0.3) is 5.91 Å². The lowest BCUT2D eigenvalue weighted by Crippen LogP contribution is -2.30. The molecule has 2 aromatic heterocycles. The molecule has 0 saturated heterocycles. The molecule has 3 aromatic rings. The van der Waals surface area contributed by atoms with Gasteiger partial charge in [-0.1, -0.05) is 12.1 Å². The number of hydrogen-bond acceptors (Lipinski definition) is 4. The Morgan fingerprint density at radius 3 is 2.79 bits per heavy atom. The molecule has 2 heterocycles. The molecule has 0 atom stereocenters. The minimum Gasteiger partial charge on any atom is -0.334 e. The number of rotatable bonds is 6. The van der Waals surface area contributed by atoms with Crippen LogP contribution < -0.4 is 0 Å². The summed E-state index contributed by atoms with van der Waals surface area (Å²) >= 11 is 0. The summed E-state index contributed by atoms with van der Waals surface area (Å²) in [6.07, 6.45) is 5.43. The van der Waals surface area contributed by atoms with Gasteiger partial charge in [-0.15, -0.1) is 0 Å². The number of nitrogens with zero attached hydrogens (tertiary/aromatic N) is 5. The van der Waals surface area contributed by atoms with E-state index in [1.807, 2.05) is 29.9 Å². The summed E-state index contributed by atoms with van der Waals surface area (Å²) in [7, 11) is 0. The zero-order chi connectivity index (χ0) is 20.1. The normalized spacial score (nSPS) is 10.7. The molecule has 1 aromatic carbocycles. The number of aromatic nitrogens is 3. The summed E-state index contributed by atoms with van der Waals surface area (Å²) in [4.78, 5) is 19.2. The highest BCUT2D eigenvalue weighted by Gasteiger charge is 2.17. The predicted octanol–water partition coefficient (Wildman–Crippen LogP) is 4.06. The van der Waals surface area contributed by atoms with E-state index in [-0.39, 0.29) is 11.9 Å². The standard InChI is InChI=1S/C22H23N5O/c1-4-26(14-17-13-25-27(15-17)16(2)3)22(28)19-8-5-7-18(11-19)21-20(12-23)9-6-10-24-21/h5-11,13,15-16H,4,14H2,1-3H3. The first-order valence-electron chi connectivity index (χ1n) is 9.31. The zero-order valence-corrected chi connectivity index (χ0v) is 16.3. The molecule has 28 heavy (non-hydrogen) atoms. The van der Waals surface area contributed by atoms with Crippen molar-refractivity contribution in [1.29, 1.82) is 5.26 Å². The van der Waals surface area contributed by atoms with Gasteiger partial charge in [-0.2, -0.15) is 10.4 Å². The van der Waals surface area contributed by atoms with Gasteiger partial charge in [0, 0.05) is 48.2 Å². The van der Waals surface area contributed by atoms with Crippen molar-refractivity contribution in [3.05, 3.63) is 71.7 Å². The van der Waals surface area contributed by atoms with E-state index in [1.165, 1.54) is 0 Å².